The molecular formula is C15H15NO2S. The third-order valence-electron chi connectivity index (χ3n) is 2.61. The quantitative estimate of drug-likeness (QED) is 0.803. The third kappa shape index (κ3) is 3.76. The number of aryl methyl sites for hydroxylation is 1. The van der Waals surface area contributed by atoms with Crippen LogP contribution in [0.4, 0.5) is 0 Å². The van der Waals surface area contributed by atoms with Gasteiger partial charge in [0, 0.05) is 6.21 Å². The molecule has 1 atom stereocenters. The fourth-order valence-corrected chi connectivity index (χ4v) is 2.25. The van der Waals surface area contributed by atoms with E-state index in [1.54, 1.807) is 13.3 Å². The molecule has 0 saturated heterocycles. The summed E-state index contributed by atoms with van der Waals surface area (Å²) < 4.78 is 21.1. The van der Waals surface area contributed by atoms with Crippen molar-refractivity contribution >= 4 is 17.2 Å². The van der Waals surface area contributed by atoms with Crippen molar-refractivity contribution in [3.05, 3.63) is 59.7 Å². The van der Waals surface area contributed by atoms with Gasteiger partial charge in [-0.2, -0.15) is 4.40 Å². The highest BCUT2D eigenvalue weighted by Gasteiger charge is 2.00. The first-order chi connectivity index (χ1) is 9.19. The summed E-state index contributed by atoms with van der Waals surface area (Å²) in [7, 11) is 0.240. The van der Waals surface area contributed by atoms with E-state index in [0.717, 1.165) is 16.9 Å². The molecule has 2 aromatic carbocycles. The molecule has 0 aliphatic carbocycles. The van der Waals surface area contributed by atoms with Gasteiger partial charge in [-0.1, -0.05) is 29.8 Å². The summed E-state index contributed by atoms with van der Waals surface area (Å²) in [5.74, 6) is 0.755. The van der Waals surface area contributed by atoms with Crippen LogP contribution in [0.2, 0.25) is 0 Å². The van der Waals surface area contributed by atoms with E-state index in [1.807, 2.05) is 55.5 Å². The van der Waals surface area contributed by atoms with Gasteiger partial charge in [0.2, 0.25) is 0 Å². The summed E-state index contributed by atoms with van der Waals surface area (Å²) in [5.41, 5.74) is 2.00. The largest absolute Gasteiger partial charge is 0.497 e. The van der Waals surface area contributed by atoms with Gasteiger partial charge in [-0.05, 0) is 36.8 Å². The first-order valence-electron chi connectivity index (χ1n) is 5.86. The fourth-order valence-electron chi connectivity index (χ4n) is 1.55. The molecule has 0 radical (unpaired) electrons. The molecule has 0 bridgehead atoms. The van der Waals surface area contributed by atoms with Gasteiger partial charge in [-0.25, -0.2) is 4.21 Å². The molecule has 0 fully saturated rings. The van der Waals surface area contributed by atoms with Crippen LogP contribution in [-0.2, 0) is 11.0 Å². The first kappa shape index (κ1) is 13.5. The lowest BCUT2D eigenvalue weighted by Crippen LogP contribution is -1.90. The number of nitrogens with zero attached hydrogens (tertiary/aromatic N) is 1. The molecule has 98 valence electrons. The SMILES string of the molecule is COc1cccc(/C=N/[S@@](=O)c2ccc(C)cc2)c1. The van der Waals surface area contributed by atoms with E-state index in [4.69, 9.17) is 4.74 Å². The summed E-state index contributed by atoms with van der Waals surface area (Å²) in [4.78, 5) is 0.699. The van der Waals surface area contributed by atoms with E-state index in [-0.39, 0.29) is 0 Å². The van der Waals surface area contributed by atoms with Crippen LogP contribution < -0.4 is 4.74 Å². The molecule has 19 heavy (non-hydrogen) atoms. The average molecular weight is 273 g/mol. The van der Waals surface area contributed by atoms with Crippen LogP contribution in [0.1, 0.15) is 11.1 Å². The van der Waals surface area contributed by atoms with Crippen LogP contribution in [0.5, 0.6) is 5.75 Å². The lowest BCUT2D eigenvalue weighted by Gasteiger charge is -2.00. The second kappa shape index (κ2) is 6.29. The van der Waals surface area contributed by atoms with Gasteiger partial charge in [0.15, 0.2) is 11.0 Å². The minimum Gasteiger partial charge on any atom is -0.497 e. The molecule has 0 saturated carbocycles. The monoisotopic (exact) mass is 273 g/mol. The van der Waals surface area contributed by atoms with Gasteiger partial charge in [0.05, 0.1) is 12.0 Å². The summed E-state index contributed by atoms with van der Waals surface area (Å²) in [6, 6.07) is 15.0. The van der Waals surface area contributed by atoms with Crippen molar-refractivity contribution in [3.8, 4) is 5.75 Å². The highest BCUT2D eigenvalue weighted by Crippen LogP contribution is 2.12. The Hall–Kier alpha value is -1.94. The van der Waals surface area contributed by atoms with Gasteiger partial charge >= 0.3 is 0 Å². The van der Waals surface area contributed by atoms with E-state index in [1.165, 1.54) is 0 Å². The predicted molar refractivity (Wildman–Crippen MR) is 78.2 cm³/mol. The maximum absolute atomic E-state index is 12.0. The topological polar surface area (TPSA) is 38.7 Å². The van der Waals surface area contributed by atoms with Crippen LogP contribution in [0.3, 0.4) is 0 Å². The smallest absolute Gasteiger partial charge is 0.172 e. The molecule has 3 nitrogen and oxygen atoms in total. The Kier molecular flexibility index (Phi) is 4.47. The molecule has 0 aliphatic heterocycles. The molecule has 2 rings (SSSR count). The number of hydrogen-bond donors (Lipinski definition) is 0. The fraction of sp³-hybridized carbons (Fsp3) is 0.133. The van der Waals surface area contributed by atoms with Crippen LogP contribution in [0, 0.1) is 6.92 Å². The molecule has 0 heterocycles. The second-order valence-electron chi connectivity index (χ2n) is 4.07. The van der Waals surface area contributed by atoms with Crippen LogP contribution >= 0.6 is 0 Å². The lowest BCUT2D eigenvalue weighted by atomic mass is 10.2. The number of methoxy groups -OCH3 is 1. The summed E-state index contributed by atoms with van der Waals surface area (Å²) >= 11 is 0. The van der Waals surface area contributed by atoms with Crippen LogP contribution in [0.25, 0.3) is 0 Å². The minimum absolute atomic E-state index is 0.699. The maximum atomic E-state index is 12.0. The van der Waals surface area contributed by atoms with Crippen molar-refractivity contribution in [2.24, 2.45) is 4.40 Å². The molecule has 0 unspecified atom stereocenters. The molecule has 0 N–H and O–H groups in total. The van der Waals surface area contributed by atoms with Crippen molar-refractivity contribution in [3.63, 3.8) is 0 Å². The Labute approximate surface area is 115 Å². The molecule has 0 amide bonds. The number of ether oxygens (including phenoxy) is 1. The number of rotatable bonds is 4. The molecule has 4 heteroatoms. The maximum Gasteiger partial charge on any atom is 0.172 e. The Bertz CT molecular complexity index is 606. The van der Waals surface area contributed by atoms with Gasteiger partial charge in [0.25, 0.3) is 0 Å². The van der Waals surface area contributed by atoms with E-state index < -0.39 is 11.0 Å². The van der Waals surface area contributed by atoms with Gasteiger partial charge in [-0.3, -0.25) is 0 Å². The van der Waals surface area contributed by atoms with E-state index in [9.17, 15) is 4.21 Å². The zero-order valence-corrected chi connectivity index (χ0v) is 11.7. The van der Waals surface area contributed by atoms with Crippen molar-refractivity contribution in [2.45, 2.75) is 11.8 Å². The Morgan fingerprint density at radius 2 is 1.89 bits per heavy atom. The normalized spacial score (nSPS) is 12.5. The highest BCUT2D eigenvalue weighted by atomic mass is 32.2. The Morgan fingerprint density at radius 1 is 1.16 bits per heavy atom. The first-order valence-corrected chi connectivity index (χ1v) is 6.96. The van der Waals surface area contributed by atoms with Gasteiger partial charge in [0.1, 0.15) is 5.75 Å². The van der Waals surface area contributed by atoms with Crippen LogP contribution in [0.15, 0.2) is 57.8 Å². The van der Waals surface area contributed by atoms with Crippen LogP contribution in [-0.4, -0.2) is 17.5 Å². The zero-order chi connectivity index (χ0) is 13.7. The molecule has 0 aromatic heterocycles. The standard InChI is InChI=1S/C15H15NO2S/c1-12-6-8-15(9-7-12)19(17)16-11-13-4-3-5-14(10-13)18-2/h3-11H,1-2H3/b16-11+/t19-/m0/s1. The number of hydrogen-bond acceptors (Lipinski definition) is 2. The minimum atomic E-state index is -1.37. The summed E-state index contributed by atoms with van der Waals surface area (Å²) in [5, 5.41) is 0. The second-order valence-corrected chi connectivity index (χ2v) is 5.25. The van der Waals surface area contributed by atoms with Crippen molar-refractivity contribution in [2.75, 3.05) is 7.11 Å². The molecule has 2 aromatic rings. The zero-order valence-electron chi connectivity index (χ0n) is 10.9. The van der Waals surface area contributed by atoms with Crippen molar-refractivity contribution in [1.29, 1.82) is 0 Å². The lowest BCUT2D eigenvalue weighted by molar-refractivity contribution is 0.415. The highest BCUT2D eigenvalue weighted by molar-refractivity contribution is 7.83. The molecular weight excluding hydrogens is 258 g/mol. The molecule has 0 aliphatic rings. The Balaban J connectivity index is 2.13. The Morgan fingerprint density at radius 3 is 2.58 bits per heavy atom. The van der Waals surface area contributed by atoms with E-state index in [2.05, 4.69) is 4.40 Å². The average Bonchev–Trinajstić information content (AvgIpc) is 2.46. The number of benzene rings is 2. The third-order valence-corrected chi connectivity index (χ3v) is 3.59. The molecule has 0 spiro atoms. The van der Waals surface area contributed by atoms with Crippen molar-refractivity contribution < 1.29 is 8.95 Å². The summed E-state index contributed by atoms with van der Waals surface area (Å²) in [6.07, 6.45) is 1.60. The van der Waals surface area contributed by atoms with Crippen molar-refractivity contribution in [1.82, 2.24) is 0 Å². The summed E-state index contributed by atoms with van der Waals surface area (Å²) in [6.45, 7) is 1.99. The van der Waals surface area contributed by atoms with Gasteiger partial charge in [-0.15, -0.1) is 0 Å². The predicted octanol–water partition coefficient (Wildman–Crippen LogP) is 3.15. The van der Waals surface area contributed by atoms with E-state index in [0.29, 0.717) is 4.90 Å². The van der Waals surface area contributed by atoms with E-state index >= 15 is 0 Å². The van der Waals surface area contributed by atoms with Gasteiger partial charge < -0.3 is 4.74 Å².